The minimum absolute atomic E-state index is 0.0540. The summed E-state index contributed by atoms with van der Waals surface area (Å²) in [5, 5.41) is 0.550. The first-order valence-electron chi connectivity index (χ1n) is 12.9. The fraction of sp³-hybridized carbons (Fsp3) is 0.357. The van der Waals surface area contributed by atoms with E-state index in [1.807, 2.05) is 6.07 Å². The quantitative estimate of drug-likeness (QED) is 0.293. The number of aromatic nitrogens is 2. The Bertz CT molecular complexity index is 1530. The smallest absolute Gasteiger partial charge is 0.416 e. The van der Waals surface area contributed by atoms with Gasteiger partial charge in [0, 0.05) is 56.5 Å². The number of hydrogen-bond acceptors (Lipinski definition) is 8. The monoisotopic (exact) mass is 589 g/mol. The molecule has 218 valence electrons. The number of carbonyl (C=O) groups excluding carboxylic acids is 1. The molecule has 0 aliphatic carbocycles. The Labute approximate surface area is 238 Å². The van der Waals surface area contributed by atoms with Crippen molar-refractivity contribution in [2.24, 2.45) is 5.73 Å². The molecule has 41 heavy (non-hydrogen) atoms. The average molecular weight is 590 g/mol. The highest BCUT2D eigenvalue weighted by molar-refractivity contribution is 7.16. The van der Waals surface area contributed by atoms with Crippen molar-refractivity contribution >= 4 is 28.3 Å². The molecular formula is C28H30F3N5O4S. The minimum atomic E-state index is -4.53. The van der Waals surface area contributed by atoms with Crippen LogP contribution in [0.5, 0.6) is 17.2 Å². The van der Waals surface area contributed by atoms with Gasteiger partial charge < -0.3 is 24.8 Å². The van der Waals surface area contributed by atoms with E-state index in [0.717, 1.165) is 50.1 Å². The molecule has 1 fully saturated rings. The van der Waals surface area contributed by atoms with E-state index in [0.29, 0.717) is 34.1 Å². The van der Waals surface area contributed by atoms with Crippen molar-refractivity contribution in [3.63, 3.8) is 0 Å². The summed E-state index contributed by atoms with van der Waals surface area (Å²) in [7, 11) is 3.67. The summed E-state index contributed by atoms with van der Waals surface area (Å²) in [4.78, 5) is 21.4. The van der Waals surface area contributed by atoms with E-state index in [1.165, 1.54) is 18.2 Å². The van der Waals surface area contributed by atoms with Gasteiger partial charge in [0.2, 0.25) is 0 Å². The molecule has 1 aliphatic rings. The molecular weight excluding hydrogens is 559 g/mol. The number of fused-ring (bicyclic) bond motifs is 1. The van der Waals surface area contributed by atoms with Crippen molar-refractivity contribution in [3.8, 4) is 22.2 Å². The molecule has 9 nitrogen and oxygen atoms in total. The van der Waals surface area contributed by atoms with Gasteiger partial charge in [-0.15, -0.1) is 11.3 Å². The zero-order chi connectivity index (χ0) is 29.1. The van der Waals surface area contributed by atoms with Crippen LogP contribution in [0.2, 0.25) is 0 Å². The highest BCUT2D eigenvalue weighted by Crippen LogP contribution is 2.38. The number of thiophene rings is 1. The maximum atomic E-state index is 13.4. The maximum Gasteiger partial charge on any atom is 0.416 e. The highest BCUT2D eigenvalue weighted by Gasteiger charge is 2.33. The standard InChI is InChI=1S/C28H30F3N5O4S/c1-34-7-9-35(10-8-34)11-12-39-23-14-21-20(13-22(23)38-2)33-17-36(21)25-15-24(26(41-25)27(32)37)40-16-18-5-3-4-6-19(18)28(29,30)31/h3-6,13-15,17H,7-12,16H2,1-2H3,(H2,32,37). The van der Waals surface area contributed by atoms with Gasteiger partial charge in [0.1, 0.15) is 35.2 Å². The largest absolute Gasteiger partial charge is 0.493 e. The third-order valence-corrected chi connectivity index (χ3v) is 8.08. The number of piperazine rings is 1. The predicted molar refractivity (Wildman–Crippen MR) is 149 cm³/mol. The number of nitrogens with two attached hydrogens (primary N) is 1. The van der Waals surface area contributed by atoms with Crippen LogP contribution >= 0.6 is 11.3 Å². The summed E-state index contributed by atoms with van der Waals surface area (Å²) in [5.41, 5.74) is 6.05. The van der Waals surface area contributed by atoms with Crippen LogP contribution in [0.25, 0.3) is 16.0 Å². The topological polar surface area (TPSA) is 95.1 Å². The zero-order valence-corrected chi connectivity index (χ0v) is 23.4. The van der Waals surface area contributed by atoms with Crippen LogP contribution in [0.4, 0.5) is 13.2 Å². The Morgan fingerprint density at radius 1 is 1.05 bits per heavy atom. The second kappa shape index (κ2) is 12.0. The summed E-state index contributed by atoms with van der Waals surface area (Å²) < 4.78 is 59.4. The molecule has 13 heteroatoms. The van der Waals surface area contributed by atoms with E-state index >= 15 is 0 Å². The third kappa shape index (κ3) is 6.42. The molecule has 2 N–H and O–H groups in total. The number of likely N-dealkylation sites (N-methyl/N-ethyl adjacent to an activating group) is 1. The lowest BCUT2D eigenvalue weighted by molar-refractivity contribution is -0.138. The number of carbonyl (C=O) groups is 1. The summed E-state index contributed by atoms with van der Waals surface area (Å²) in [6, 6.07) is 10.3. The number of nitrogens with zero attached hydrogens (tertiary/aromatic N) is 4. The fourth-order valence-electron chi connectivity index (χ4n) is 4.66. The van der Waals surface area contributed by atoms with Crippen molar-refractivity contribution < 1.29 is 32.2 Å². The fourth-order valence-corrected chi connectivity index (χ4v) is 5.60. The van der Waals surface area contributed by atoms with Gasteiger partial charge in [0.05, 0.1) is 23.7 Å². The molecule has 4 aromatic rings. The minimum Gasteiger partial charge on any atom is -0.493 e. The number of hydrogen-bond donors (Lipinski definition) is 1. The Morgan fingerprint density at radius 3 is 2.51 bits per heavy atom. The highest BCUT2D eigenvalue weighted by atomic mass is 32.1. The molecule has 3 heterocycles. The molecule has 0 radical (unpaired) electrons. The average Bonchev–Trinajstić information content (AvgIpc) is 3.56. The van der Waals surface area contributed by atoms with E-state index in [1.54, 1.807) is 30.1 Å². The second-order valence-corrected chi connectivity index (χ2v) is 10.7. The predicted octanol–water partition coefficient (Wildman–Crippen LogP) is 4.42. The number of halogens is 3. The Kier molecular flexibility index (Phi) is 8.38. The molecule has 1 amide bonds. The molecule has 2 aromatic heterocycles. The summed E-state index contributed by atoms with van der Waals surface area (Å²) >= 11 is 1.06. The van der Waals surface area contributed by atoms with E-state index in [2.05, 4.69) is 21.8 Å². The first-order chi connectivity index (χ1) is 19.6. The first-order valence-corrected chi connectivity index (χ1v) is 13.8. The Balaban J connectivity index is 1.39. The van der Waals surface area contributed by atoms with Crippen molar-refractivity contribution in [2.75, 3.05) is 53.5 Å². The Morgan fingerprint density at radius 2 is 1.80 bits per heavy atom. The lowest BCUT2D eigenvalue weighted by atomic mass is 10.1. The van der Waals surface area contributed by atoms with Gasteiger partial charge in [-0.05, 0) is 13.1 Å². The summed E-state index contributed by atoms with van der Waals surface area (Å²) in [6.07, 6.45) is -2.95. The molecule has 2 aromatic carbocycles. The van der Waals surface area contributed by atoms with Crippen LogP contribution < -0.4 is 19.9 Å². The van der Waals surface area contributed by atoms with Gasteiger partial charge in [0.15, 0.2) is 11.5 Å². The van der Waals surface area contributed by atoms with Gasteiger partial charge in [-0.1, -0.05) is 18.2 Å². The van der Waals surface area contributed by atoms with E-state index < -0.39 is 17.6 Å². The van der Waals surface area contributed by atoms with Crippen LogP contribution in [0.15, 0.2) is 48.8 Å². The lowest BCUT2D eigenvalue weighted by Crippen LogP contribution is -2.45. The molecule has 0 spiro atoms. The molecule has 5 rings (SSSR count). The number of ether oxygens (including phenoxy) is 3. The van der Waals surface area contributed by atoms with Gasteiger partial charge >= 0.3 is 6.18 Å². The van der Waals surface area contributed by atoms with E-state index in [4.69, 9.17) is 19.9 Å². The van der Waals surface area contributed by atoms with Crippen LogP contribution in [0.3, 0.4) is 0 Å². The van der Waals surface area contributed by atoms with Gasteiger partial charge in [0.25, 0.3) is 5.91 Å². The second-order valence-electron chi connectivity index (χ2n) is 9.69. The Hall–Kier alpha value is -3.81. The van der Waals surface area contributed by atoms with Crippen molar-refractivity contribution in [2.45, 2.75) is 12.8 Å². The number of imidazole rings is 1. The van der Waals surface area contributed by atoms with Crippen LogP contribution in [-0.4, -0.2) is 78.7 Å². The summed E-state index contributed by atoms with van der Waals surface area (Å²) in [5.74, 6) is 0.424. The molecule has 1 saturated heterocycles. The van der Waals surface area contributed by atoms with Crippen LogP contribution in [0.1, 0.15) is 20.8 Å². The number of rotatable bonds is 10. The lowest BCUT2D eigenvalue weighted by Gasteiger charge is -2.32. The van der Waals surface area contributed by atoms with Gasteiger partial charge in [-0.3, -0.25) is 14.3 Å². The molecule has 0 bridgehead atoms. The van der Waals surface area contributed by atoms with E-state index in [9.17, 15) is 18.0 Å². The zero-order valence-electron chi connectivity index (χ0n) is 22.6. The van der Waals surface area contributed by atoms with Crippen LogP contribution in [0, 0.1) is 0 Å². The van der Waals surface area contributed by atoms with Crippen molar-refractivity contribution in [1.82, 2.24) is 19.4 Å². The van der Waals surface area contributed by atoms with Gasteiger partial charge in [-0.2, -0.15) is 13.2 Å². The molecule has 0 saturated carbocycles. The van der Waals surface area contributed by atoms with Gasteiger partial charge in [-0.25, -0.2) is 4.98 Å². The number of alkyl halides is 3. The molecule has 0 unspecified atom stereocenters. The van der Waals surface area contributed by atoms with Crippen molar-refractivity contribution in [3.05, 3.63) is 64.8 Å². The molecule has 0 atom stereocenters. The normalized spacial score (nSPS) is 14.9. The first kappa shape index (κ1) is 28.7. The van der Waals surface area contributed by atoms with Crippen molar-refractivity contribution in [1.29, 1.82) is 0 Å². The van der Waals surface area contributed by atoms with Crippen LogP contribution in [-0.2, 0) is 12.8 Å². The third-order valence-electron chi connectivity index (χ3n) is 6.95. The number of benzene rings is 2. The van der Waals surface area contributed by atoms with E-state index in [-0.39, 0.29) is 22.8 Å². The SMILES string of the molecule is COc1cc2ncn(-c3cc(OCc4ccccc4C(F)(F)F)c(C(N)=O)s3)c2cc1OCCN1CCN(C)CC1. The number of primary amides is 1. The number of methoxy groups -OCH3 is 1. The molecule has 1 aliphatic heterocycles. The number of amides is 1. The summed E-state index contributed by atoms with van der Waals surface area (Å²) in [6.45, 7) is 4.86. The maximum absolute atomic E-state index is 13.4.